The maximum Gasteiger partial charge on any atom is 0.391 e. The molecule has 1 aliphatic heterocycles. The number of likely N-dealkylation sites (N-methyl/N-ethyl adjacent to an activating group) is 1. The van der Waals surface area contributed by atoms with E-state index in [9.17, 15) is 42.9 Å². The number of ether oxygens (including phenoxy) is 1. The molecule has 2 fully saturated rings. The van der Waals surface area contributed by atoms with E-state index in [1.807, 2.05) is 4.90 Å². The van der Waals surface area contributed by atoms with Gasteiger partial charge in [-0.1, -0.05) is 0 Å². The van der Waals surface area contributed by atoms with Crippen LogP contribution < -0.4 is 10.6 Å². The van der Waals surface area contributed by atoms with E-state index in [1.54, 1.807) is 39.2 Å². The number of piperidine rings is 1. The number of aliphatic hydroxyl groups excluding tert-OH is 2. The van der Waals surface area contributed by atoms with Gasteiger partial charge in [0.05, 0.1) is 17.5 Å². The zero-order valence-electron chi connectivity index (χ0n) is 25.9. The number of phenolic OH excluding ortho intramolecular Hbond substituents is 1. The number of ketones is 2. The van der Waals surface area contributed by atoms with Crippen LogP contribution in [0.1, 0.15) is 36.0 Å². The number of anilines is 1. The molecule has 5 N–H and O–H groups in total. The summed E-state index contributed by atoms with van der Waals surface area (Å²) in [6.07, 6.45) is -4.11. The molecule has 5 rings (SSSR count). The Balaban J connectivity index is 1.63. The number of hydrogen-bond acceptors (Lipinski definition) is 10. The van der Waals surface area contributed by atoms with Crippen LogP contribution in [-0.2, 0) is 32.1 Å². The number of hydrogen-bond donors (Lipinski definition) is 4. The second kappa shape index (κ2) is 11.3. The highest BCUT2D eigenvalue weighted by atomic mass is 19.4. The van der Waals surface area contributed by atoms with Crippen LogP contribution >= 0.6 is 0 Å². The molecule has 1 aromatic rings. The number of rotatable bonds is 6. The topological polar surface area (TPSA) is 157 Å². The second-order valence-electron chi connectivity index (χ2n) is 12.9. The van der Waals surface area contributed by atoms with Crippen molar-refractivity contribution in [2.45, 2.75) is 50.0 Å². The van der Waals surface area contributed by atoms with Crippen LogP contribution in [-0.4, -0.2) is 109 Å². The number of phenols is 1. The van der Waals surface area contributed by atoms with Crippen molar-refractivity contribution in [3.63, 3.8) is 0 Å². The van der Waals surface area contributed by atoms with Crippen LogP contribution in [0.5, 0.6) is 5.75 Å². The standard InChI is InChI=1S/C31H39F3N4O7/c1-36(2)19-12-15(13-38-8-6-16(7-9-38)31(32,33)34)24(39)21-17(19)10-14-11-18-23(37(3)4)26(41)22(29(35)44)28(43)30(18,45-5)27(42)20(14)25(21)40/h12,14,16,18,23,39-40,43H,6-11,13H2,1-5H3,(H2,35,44)/t14?,18-,23?,30-/m0/s1. The van der Waals surface area contributed by atoms with E-state index in [-0.39, 0.29) is 62.2 Å². The van der Waals surface area contributed by atoms with Gasteiger partial charge < -0.3 is 30.7 Å². The van der Waals surface area contributed by atoms with Crippen LogP contribution in [0.25, 0.3) is 5.76 Å². The lowest BCUT2D eigenvalue weighted by Crippen LogP contribution is -2.66. The smallest absolute Gasteiger partial charge is 0.391 e. The Morgan fingerprint density at radius 3 is 2.27 bits per heavy atom. The van der Waals surface area contributed by atoms with Crippen molar-refractivity contribution in [1.82, 2.24) is 9.80 Å². The quantitative estimate of drug-likeness (QED) is 0.342. The molecule has 1 saturated carbocycles. The number of nitrogens with zero attached hydrogens (tertiary/aromatic N) is 3. The minimum absolute atomic E-state index is 0.0142. The van der Waals surface area contributed by atoms with E-state index in [0.717, 1.165) is 0 Å². The number of benzene rings is 1. The number of amides is 1. The Morgan fingerprint density at radius 1 is 1.13 bits per heavy atom. The lowest BCUT2D eigenvalue weighted by Gasteiger charge is -2.52. The Bertz CT molecular complexity index is 1510. The lowest BCUT2D eigenvalue weighted by atomic mass is 9.57. The molecule has 4 atom stereocenters. The average Bonchev–Trinajstić information content (AvgIpc) is 2.93. The molecule has 0 radical (unpaired) electrons. The number of Topliss-reactive ketones (excluding diaryl/α,β-unsaturated/α-hetero) is 2. The molecule has 14 heteroatoms. The molecular weight excluding hydrogens is 597 g/mol. The fraction of sp³-hybridized carbons (Fsp3) is 0.581. The summed E-state index contributed by atoms with van der Waals surface area (Å²) in [6.45, 7) is 0.457. The largest absolute Gasteiger partial charge is 0.508 e. The summed E-state index contributed by atoms with van der Waals surface area (Å²) in [7, 11) is 7.92. The molecule has 3 aliphatic carbocycles. The van der Waals surface area contributed by atoms with Crippen molar-refractivity contribution < 1.29 is 47.6 Å². The normalized spacial score (nSPS) is 27.9. The molecule has 45 heavy (non-hydrogen) atoms. The number of aromatic hydroxyl groups is 1. The number of halogens is 3. The van der Waals surface area contributed by atoms with Gasteiger partial charge in [0.2, 0.25) is 5.78 Å². The molecule has 0 bridgehead atoms. The molecule has 1 amide bonds. The van der Waals surface area contributed by atoms with Crippen molar-refractivity contribution in [3.05, 3.63) is 39.7 Å². The third-order valence-corrected chi connectivity index (χ3v) is 9.99. The number of carbonyl (C=O) groups excluding carboxylic acids is 3. The van der Waals surface area contributed by atoms with Crippen LogP contribution in [0.2, 0.25) is 0 Å². The molecule has 1 saturated heterocycles. The number of likely N-dealkylation sites (tertiary alicyclic amines) is 1. The number of fused-ring (bicyclic) bond motifs is 3. The number of nitrogens with two attached hydrogens (primary N) is 1. The Kier molecular flexibility index (Phi) is 8.24. The summed E-state index contributed by atoms with van der Waals surface area (Å²) >= 11 is 0. The fourth-order valence-electron chi connectivity index (χ4n) is 7.84. The molecular formula is C31H39F3N4O7. The van der Waals surface area contributed by atoms with Gasteiger partial charge in [0.15, 0.2) is 11.4 Å². The maximum absolute atomic E-state index is 14.5. The van der Waals surface area contributed by atoms with Gasteiger partial charge in [0, 0.05) is 50.5 Å². The minimum Gasteiger partial charge on any atom is -0.508 e. The second-order valence-corrected chi connectivity index (χ2v) is 12.9. The number of methoxy groups -OCH3 is 1. The molecule has 11 nitrogen and oxygen atoms in total. The van der Waals surface area contributed by atoms with Gasteiger partial charge in [-0.05, 0) is 70.4 Å². The van der Waals surface area contributed by atoms with Crippen LogP contribution in [0, 0.1) is 17.8 Å². The first-order chi connectivity index (χ1) is 21.0. The van der Waals surface area contributed by atoms with Crippen molar-refractivity contribution in [3.8, 4) is 5.75 Å². The van der Waals surface area contributed by atoms with Gasteiger partial charge in [-0.2, -0.15) is 13.2 Å². The third-order valence-electron chi connectivity index (χ3n) is 9.99. The number of aliphatic hydroxyl groups is 2. The third kappa shape index (κ3) is 4.97. The van der Waals surface area contributed by atoms with Crippen LogP contribution in [0.15, 0.2) is 23.0 Å². The molecule has 0 spiro atoms. The van der Waals surface area contributed by atoms with Gasteiger partial charge >= 0.3 is 6.18 Å². The van der Waals surface area contributed by atoms with Gasteiger partial charge in [0.1, 0.15) is 22.8 Å². The van der Waals surface area contributed by atoms with E-state index < -0.39 is 70.1 Å². The van der Waals surface area contributed by atoms with Crippen LogP contribution in [0.4, 0.5) is 18.9 Å². The summed E-state index contributed by atoms with van der Waals surface area (Å²) in [5.74, 6) is -7.51. The fourth-order valence-corrected chi connectivity index (χ4v) is 7.84. The van der Waals surface area contributed by atoms with E-state index in [1.165, 1.54) is 12.0 Å². The number of carbonyl (C=O) groups is 3. The maximum atomic E-state index is 14.5. The predicted molar refractivity (Wildman–Crippen MR) is 157 cm³/mol. The Labute approximate surface area is 258 Å². The van der Waals surface area contributed by atoms with Gasteiger partial charge in [-0.15, -0.1) is 0 Å². The van der Waals surface area contributed by atoms with E-state index in [4.69, 9.17) is 10.5 Å². The highest BCUT2D eigenvalue weighted by molar-refractivity contribution is 6.24. The number of alkyl halides is 3. The van der Waals surface area contributed by atoms with Gasteiger partial charge in [-0.3, -0.25) is 24.2 Å². The molecule has 0 aromatic heterocycles. The van der Waals surface area contributed by atoms with Crippen molar-refractivity contribution in [2.24, 2.45) is 23.5 Å². The van der Waals surface area contributed by atoms with Crippen LogP contribution in [0.3, 0.4) is 0 Å². The van der Waals surface area contributed by atoms with Gasteiger partial charge in [0.25, 0.3) is 5.91 Å². The zero-order valence-corrected chi connectivity index (χ0v) is 25.9. The van der Waals surface area contributed by atoms with Crippen molar-refractivity contribution >= 4 is 28.9 Å². The predicted octanol–water partition coefficient (Wildman–Crippen LogP) is 2.46. The van der Waals surface area contributed by atoms with Crippen molar-refractivity contribution in [1.29, 1.82) is 0 Å². The summed E-state index contributed by atoms with van der Waals surface area (Å²) in [4.78, 5) is 45.4. The first-order valence-electron chi connectivity index (χ1n) is 14.8. The average molecular weight is 637 g/mol. The molecule has 1 heterocycles. The number of primary amides is 1. The Hall–Kier alpha value is -3.62. The minimum atomic E-state index is -4.27. The first kappa shape index (κ1) is 32.8. The molecule has 1 aromatic carbocycles. The summed E-state index contributed by atoms with van der Waals surface area (Å²) in [6, 6.07) is 0.690. The first-order valence-corrected chi connectivity index (χ1v) is 14.8. The Morgan fingerprint density at radius 2 is 1.76 bits per heavy atom. The summed E-state index contributed by atoms with van der Waals surface area (Å²) in [5, 5.41) is 34.6. The summed E-state index contributed by atoms with van der Waals surface area (Å²) < 4.78 is 45.4. The van der Waals surface area contributed by atoms with E-state index in [2.05, 4.69) is 0 Å². The highest BCUT2D eigenvalue weighted by Crippen LogP contribution is 2.55. The SMILES string of the molecule is CO[C@]12C(=O)C3=C(O)c4c(O)c(CN5CCC(C(F)(F)F)CC5)cc(N(C)C)c4CC3C[C@H]1C(N(C)C)C(=O)C(C(N)=O)=C2O. The van der Waals surface area contributed by atoms with Gasteiger partial charge in [-0.25, -0.2) is 0 Å². The molecule has 2 unspecified atom stereocenters. The monoisotopic (exact) mass is 636 g/mol. The van der Waals surface area contributed by atoms with E-state index >= 15 is 0 Å². The molecule has 4 aliphatic rings. The van der Waals surface area contributed by atoms with Crippen molar-refractivity contribution in [2.75, 3.05) is 53.3 Å². The lowest BCUT2D eigenvalue weighted by molar-refractivity contribution is -0.185. The zero-order chi connectivity index (χ0) is 33.3. The van der Waals surface area contributed by atoms with E-state index in [0.29, 0.717) is 16.8 Å². The summed E-state index contributed by atoms with van der Waals surface area (Å²) in [5.41, 5.74) is 3.99. The molecule has 246 valence electrons. The highest BCUT2D eigenvalue weighted by Gasteiger charge is 2.65.